The lowest BCUT2D eigenvalue weighted by Gasteiger charge is -2.26. The van der Waals surface area contributed by atoms with Crippen LogP contribution in [-0.4, -0.2) is 18.3 Å². The molecule has 2 nitrogen and oxygen atoms in total. The van der Waals surface area contributed by atoms with E-state index in [1.807, 2.05) is 12.1 Å². The number of aliphatic hydroxyl groups excluding tert-OH is 1. The molecular formula is C15H22FNO. The smallest absolute Gasteiger partial charge is 0.126 e. The Morgan fingerprint density at radius 1 is 1.33 bits per heavy atom. The van der Waals surface area contributed by atoms with E-state index >= 15 is 0 Å². The number of hydrogen-bond acceptors (Lipinski definition) is 2. The SMILES string of the molecule is Cc1ccc(CNCC2(CO)CCCC2)cc1F. The number of halogens is 1. The number of hydrogen-bond donors (Lipinski definition) is 2. The van der Waals surface area contributed by atoms with Gasteiger partial charge in [-0.15, -0.1) is 0 Å². The fraction of sp³-hybridized carbons (Fsp3) is 0.600. The third kappa shape index (κ3) is 3.09. The molecule has 0 spiro atoms. The molecule has 1 fully saturated rings. The topological polar surface area (TPSA) is 32.3 Å². The molecule has 2 rings (SSSR count). The Morgan fingerprint density at radius 2 is 2.06 bits per heavy atom. The van der Waals surface area contributed by atoms with Crippen molar-refractivity contribution in [2.45, 2.75) is 39.2 Å². The molecule has 1 saturated carbocycles. The van der Waals surface area contributed by atoms with Crippen LogP contribution in [0.1, 0.15) is 36.8 Å². The zero-order valence-electron chi connectivity index (χ0n) is 11.0. The molecule has 18 heavy (non-hydrogen) atoms. The molecular weight excluding hydrogens is 229 g/mol. The molecule has 0 bridgehead atoms. The first-order valence-corrected chi connectivity index (χ1v) is 6.72. The summed E-state index contributed by atoms with van der Waals surface area (Å²) in [6.45, 7) is 3.51. The summed E-state index contributed by atoms with van der Waals surface area (Å²) in [4.78, 5) is 0. The van der Waals surface area contributed by atoms with Gasteiger partial charge in [0.1, 0.15) is 5.82 Å². The summed E-state index contributed by atoms with van der Waals surface area (Å²) < 4.78 is 13.4. The van der Waals surface area contributed by atoms with E-state index in [1.165, 1.54) is 12.8 Å². The van der Waals surface area contributed by atoms with Crippen molar-refractivity contribution >= 4 is 0 Å². The molecule has 1 aliphatic rings. The van der Waals surface area contributed by atoms with Crippen LogP contribution in [0.25, 0.3) is 0 Å². The van der Waals surface area contributed by atoms with Crippen molar-refractivity contribution in [1.82, 2.24) is 5.32 Å². The predicted molar refractivity (Wildman–Crippen MR) is 70.8 cm³/mol. The minimum atomic E-state index is -0.146. The van der Waals surface area contributed by atoms with Gasteiger partial charge in [-0.1, -0.05) is 25.0 Å². The molecule has 1 aromatic carbocycles. The molecule has 1 aromatic rings. The Labute approximate surface area is 108 Å². The van der Waals surface area contributed by atoms with Crippen molar-refractivity contribution in [3.05, 3.63) is 35.1 Å². The van der Waals surface area contributed by atoms with Crippen LogP contribution in [0.2, 0.25) is 0 Å². The highest BCUT2D eigenvalue weighted by Crippen LogP contribution is 2.36. The monoisotopic (exact) mass is 251 g/mol. The second-order valence-electron chi connectivity index (χ2n) is 5.55. The average Bonchev–Trinajstić information content (AvgIpc) is 2.83. The molecule has 0 radical (unpaired) electrons. The molecule has 0 aliphatic heterocycles. The highest BCUT2D eigenvalue weighted by atomic mass is 19.1. The van der Waals surface area contributed by atoms with Crippen molar-refractivity contribution in [2.24, 2.45) is 5.41 Å². The maximum Gasteiger partial charge on any atom is 0.126 e. The molecule has 3 heteroatoms. The van der Waals surface area contributed by atoms with Gasteiger partial charge in [-0.25, -0.2) is 4.39 Å². The summed E-state index contributed by atoms with van der Waals surface area (Å²) in [5.41, 5.74) is 1.70. The van der Waals surface area contributed by atoms with Gasteiger partial charge in [-0.3, -0.25) is 0 Å². The van der Waals surface area contributed by atoms with E-state index in [4.69, 9.17) is 0 Å². The van der Waals surface area contributed by atoms with Crippen LogP contribution < -0.4 is 5.32 Å². The van der Waals surface area contributed by atoms with Crippen LogP contribution in [0.4, 0.5) is 4.39 Å². The molecule has 0 amide bonds. The molecule has 0 saturated heterocycles. The van der Waals surface area contributed by atoms with E-state index in [0.717, 1.165) is 24.9 Å². The molecule has 0 heterocycles. The van der Waals surface area contributed by atoms with E-state index in [1.54, 1.807) is 13.0 Å². The van der Waals surface area contributed by atoms with Gasteiger partial charge >= 0.3 is 0 Å². The number of benzene rings is 1. The Kier molecular flexibility index (Phi) is 4.36. The number of aliphatic hydroxyl groups is 1. The van der Waals surface area contributed by atoms with Crippen LogP contribution in [0.3, 0.4) is 0 Å². The van der Waals surface area contributed by atoms with Crippen LogP contribution in [0, 0.1) is 18.2 Å². The van der Waals surface area contributed by atoms with Crippen molar-refractivity contribution in [3.63, 3.8) is 0 Å². The number of aryl methyl sites for hydroxylation is 1. The van der Waals surface area contributed by atoms with Gasteiger partial charge in [0.15, 0.2) is 0 Å². The Balaban J connectivity index is 1.86. The largest absolute Gasteiger partial charge is 0.396 e. The van der Waals surface area contributed by atoms with Gasteiger partial charge in [0.2, 0.25) is 0 Å². The standard InChI is InChI=1S/C15H22FNO/c1-12-4-5-13(8-14(12)16)9-17-10-15(11-18)6-2-3-7-15/h4-5,8,17-18H,2-3,6-7,9-11H2,1H3. The third-order valence-corrected chi connectivity index (χ3v) is 4.06. The highest BCUT2D eigenvalue weighted by Gasteiger charge is 2.32. The van der Waals surface area contributed by atoms with E-state index in [0.29, 0.717) is 12.1 Å². The summed E-state index contributed by atoms with van der Waals surface area (Å²) in [6.07, 6.45) is 4.61. The summed E-state index contributed by atoms with van der Waals surface area (Å²) in [7, 11) is 0. The summed E-state index contributed by atoms with van der Waals surface area (Å²) >= 11 is 0. The first kappa shape index (κ1) is 13.5. The quantitative estimate of drug-likeness (QED) is 0.843. The Hall–Kier alpha value is -0.930. The first-order valence-electron chi connectivity index (χ1n) is 6.72. The molecule has 0 atom stereocenters. The predicted octanol–water partition coefficient (Wildman–Crippen LogP) is 2.78. The summed E-state index contributed by atoms with van der Waals surface area (Å²) in [5.74, 6) is -0.146. The van der Waals surface area contributed by atoms with Gasteiger partial charge in [0.25, 0.3) is 0 Å². The third-order valence-electron chi connectivity index (χ3n) is 4.06. The minimum Gasteiger partial charge on any atom is -0.396 e. The first-order chi connectivity index (χ1) is 8.65. The normalized spacial score (nSPS) is 18.2. The molecule has 1 aliphatic carbocycles. The Bertz CT molecular complexity index is 399. The van der Waals surface area contributed by atoms with Crippen molar-refractivity contribution < 1.29 is 9.50 Å². The van der Waals surface area contributed by atoms with Gasteiger partial charge in [0, 0.05) is 25.1 Å². The number of rotatable bonds is 5. The summed E-state index contributed by atoms with van der Waals surface area (Å²) in [5, 5.41) is 12.8. The lowest BCUT2D eigenvalue weighted by molar-refractivity contribution is 0.128. The zero-order valence-corrected chi connectivity index (χ0v) is 11.0. The van der Waals surface area contributed by atoms with Gasteiger partial charge in [0.05, 0.1) is 0 Å². The van der Waals surface area contributed by atoms with E-state index in [2.05, 4.69) is 5.32 Å². The van der Waals surface area contributed by atoms with Gasteiger partial charge in [-0.2, -0.15) is 0 Å². The molecule has 0 aromatic heterocycles. The van der Waals surface area contributed by atoms with E-state index < -0.39 is 0 Å². The highest BCUT2D eigenvalue weighted by molar-refractivity contribution is 5.23. The molecule has 0 unspecified atom stereocenters. The second-order valence-corrected chi connectivity index (χ2v) is 5.55. The summed E-state index contributed by atoms with van der Waals surface area (Å²) in [6, 6.07) is 5.35. The lowest BCUT2D eigenvalue weighted by Crippen LogP contribution is -2.34. The fourth-order valence-electron chi connectivity index (χ4n) is 2.73. The van der Waals surface area contributed by atoms with Crippen molar-refractivity contribution in [3.8, 4) is 0 Å². The van der Waals surface area contributed by atoms with Gasteiger partial charge in [-0.05, 0) is 37.0 Å². The van der Waals surface area contributed by atoms with E-state index in [9.17, 15) is 9.50 Å². The fourth-order valence-corrected chi connectivity index (χ4v) is 2.73. The molecule has 2 N–H and O–H groups in total. The second kappa shape index (κ2) is 5.81. The van der Waals surface area contributed by atoms with Crippen molar-refractivity contribution in [2.75, 3.05) is 13.2 Å². The van der Waals surface area contributed by atoms with Crippen LogP contribution in [0.5, 0.6) is 0 Å². The minimum absolute atomic E-state index is 0.0588. The van der Waals surface area contributed by atoms with E-state index in [-0.39, 0.29) is 17.8 Å². The average molecular weight is 251 g/mol. The van der Waals surface area contributed by atoms with Crippen molar-refractivity contribution in [1.29, 1.82) is 0 Å². The molecule has 100 valence electrons. The Morgan fingerprint density at radius 3 is 2.67 bits per heavy atom. The van der Waals surface area contributed by atoms with Crippen LogP contribution in [0.15, 0.2) is 18.2 Å². The van der Waals surface area contributed by atoms with Crippen LogP contribution >= 0.6 is 0 Å². The zero-order chi connectivity index (χ0) is 13.0. The van der Waals surface area contributed by atoms with Crippen LogP contribution in [-0.2, 0) is 6.54 Å². The maximum atomic E-state index is 13.4. The van der Waals surface area contributed by atoms with Gasteiger partial charge < -0.3 is 10.4 Å². The lowest BCUT2D eigenvalue weighted by atomic mass is 9.87. The maximum absolute atomic E-state index is 13.4. The number of nitrogens with one attached hydrogen (secondary N) is 1.